The van der Waals surface area contributed by atoms with Crippen LogP contribution in [0.15, 0.2) is 60.7 Å². The van der Waals surface area contributed by atoms with Crippen molar-refractivity contribution in [2.45, 2.75) is 31.9 Å². The van der Waals surface area contributed by atoms with Crippen LogP contribution >= 0.6 is 0 Å². The molecule has 5 nitrogen and oxygen atoms in total. The molecule has 0 spiro atoms. The molecule has 8 heteroatoms. The number of carbonyl (C=O) groups is 1. The van der Waals surface area contributed by atoms with Gasteiger partial charge in [0, 0.05) is 18.7 Å². The first kappa shape index (κ1) is 25.3. The summed E-state index contributed by atoms with van der Waals surface area (Å²) >= 11 is 0. The number of benzene rings is 2. The Labute approximate surface area is 214 Å². The summed E-state index contributed by atoms with van der Waals surface area (Å²) in [6.45, 7) is 3.05. The lowest BCUT2D eigenvalue weighted by Gasteiger charge is -2.37. The smallest absolute Gasteiger partial charge is 0.401 e. The number of alkyl halides is 3. The first-order chi connectivity index (χ1) is 17.7. The van der Waals surface area contributed by atoms with E-state index in [0.29, 0.717) is 26.2 Å². The predicted molar refractivity (Wildman–Crippen MR) is 138 cm³/mol. The van der Waals surface area contributed by atoms with Gasteiger partial charge in [-0.05, 0) is 73.7 Å². The van der Waals surface area contributed by atoms with Crippen molar-refractivity contribution in [2.24, 2.45) is 5.92 Å². The number of aromatic nitrogens is 1. The third-order valence-electron chi connectivity index (χ3n) is 7.42. The fourth-order valence-corrected chi connectivity index (χ4v) is 5.31. The highest BCUT2D eigenvalue weighted by Crippen LogP contribution is 2.36. The maximum Gasteiger partial charge on any atom is 0.401 e. The van der Waals surface area contributed by atoms with Crippen molar-refractivity contribution in [3.05, 3.63) is 71.8 Å². The van der Waals surface area contributed by atoms with Crippen LogP contribution in [-0.4, -0.2) is 59.9 Å². The maximum absolute atomic E-state index is 12.7. The molecule has 5 rings (SSSR count). The summed E-state index contributed by atoms with van der Waals surface area (Å²) in [6.07, 6.45) is -2.70. The molecule has 2 aliphatic heterocycles. The molecule has 2 saturated heterocycles. The quantitative estimate of drug-likeness (QED) is 0.443. The van der Waals surface area contributed by atoms with E-state index in [-0.39, 0.29) is 11.8 Å². The molecular weight excluding hydrogens is 479 g/mol. The number of pyridine rings is 1. The van der Waals surface area contributed by atoms with Crippen LogP contribution in [0.2, 0.25) is 0 Å². The Morgan fingerprint density at radius 3 is 2.35 bits per heavy atom. The van der Waals surface area contributed by atoms with E-state index in [1.807, 2.05) is 30.0 Å². The highest BCUT2D eigenvalue weighted by atomic mass is 19.4. The van der Waals surface area contributed by atoms with Crippen molar-refractivity contribution in [3.8, 4) is 22.4 Å². The number of hydrogen-bond donors (Lipinski definition) is 1. The minimum atomic E-state index is -4.15. The minimum absolute atomic E-state index is 0.264. The van der Waals surface area contributed by atoms with Gasteiger partial charge >= 0.3 is 12.1 Å². The van der Waals surface area contributed by atoms with E-state index >= 15 is 0 Å². The van der Waals surface area contributed by atoms with Gasteiger partial charge in [-0.25, -0.2) is 4.98 Å². The Hall–Kier alpha value is -3.39. The van der Waals surface area contributed by atoms with Crippen LogP contribution in [0, 0.1) is 12.8 Å². The van der Waals surface area contributed by atoms with Crippen LogP contribution in [0.5, 0.6) is 0 Å². The van der Waals surface area contributed by atoms with Crippen LogP contribution in [0.25, 0.3) is 22.4 Å². The molecule has 1 N–H and O–H groups in total. The third kappa shape index (κ3) is 5.80. The molecule has 0 radical (unpaired) electrons. The number of rotatable bonds is 6. The molecule has 3 aromatic rings. The molecule has 2 aromatic carbocycles. The summed E-state index contributed by atoms with van der Waals surface area (Å²) in [6, 6.07) is 20.5. The molecule has 1 aromatic heterocycles. The van der Waals surface area contributed by atoms with E-state index < -0.39 is 18.7 Å². The zero-order chi connectivity index (χ0) is 26.2. The molecular formula is C29H30F3N3O2. The number of hydrogen-bond acceptors (Lipinski definition) is 4. The lowest BCUT2D eigenvalue weighted by Crippen LogP contribution is -2.50. The number of piperidine rings is 1. The molecule has 2 aliphatic rings. The highest BCUT2D eigenvalue weighted by molar-refractivity contribution is 5.83. The molecule has 0 amide bonds. The molecule has 2 fully saturated rings. The maximum atomic E-state index is 12.7. The van der Waals surface area contributed by atoms with Crippen LogP contribution in [0.3, 0.4) is 0 Å². The first-order valence-electron chi connectivity index (χ1n) is 12.6. The summed E-state index contributed by atoms with van der Waals surface area (Å²) < 4.78 is 38.1. The number of carboxylic acid groups (broad SMARTS) is 1. The zero-order valence-electron chi connectivity index (χ0n) is 20.7. The van der Waals surface area contributed by atoms with E-state index in [2.05, 4.69) is 42.5 Å². The Morgan fingerprint density at radius 1 is 1.00 bits per heavy atom. The van der Waals surface area contributed by atoms with Crippen molar-refractivity contribution >= 4 is 11.8 Å². The lowest BCUT2D eigenvalue weighted by atomic mass is 9.87. The van der Waals surface area contributed by atoms with Gasteiger partial charge in [-0.1, -0.05) is 48.0 Å². The second kappa shape index (κ2) is 10.2. The van der Waals surface area contributed by atoms with Gasteiger partial charge in [0.25, 0.3) is 0 Å². The second-order valence-corrected chi connectivity index (χ2v) is 10.2. The number of halogens is 3. The molecule has 3 heterocycles. The van der Waals surface area contributed by atoms with E-state index in [4.69, 9.17) is 4.98 Å². The molecule has 0 bridgehead atoms. The Balaban J connectivity index is 1.34. The number of anilines is 1. The third-order valence-corrected chi connectivity index (χ3v) is 7.42. The topological polar surface area (TPSA) is 56.7 Å². The van der Waals surface area contributed by atoms with Crippen molar-refractivity contribution in [3.63, 3.8) is 0 Å². The normalized spacial score (nSPS) is 17.6. The van der Waals surface area contributed by atoms with Gasteiger partial charge in [-0.15, -0.1) is 0 Å². The number of aryl methyl sites for hydroxylation is 1. The number of nitrogens with zero attached hydrogens (tertiary/aromatic N) is 3. The standard InChI is InChI=1S/C29H30F3N3O2/c1-19-5-10-24(25(15-19)26-3-2-4-27(33-26)35-16-23(17-35)28(36)37)22-8-6-20(7-9-22)21-11-13-34(14-12-21)18-29(30,31)32/h2-10,15,21,23H,11-14,16-18H2,1H3,(H,36,37). The largest absolute Gasteiger partial charge is 0.481 e. The lowest BCUT2D eigenvalue weighted by molar-refractivity contribution is -0.148. The molecule has 0 unspecified atom stereocenters. The molecule has 0 aliphatic carbocycles. The molecule has 194 valence electrons. The second-order valence-electron chi connectivity index (χ2n) is 10.2. The first-order valence-corrected chi connectivity index (χ1v) is 12.6. The van der Waals surface area contributed by atoms with Gasteiger partial charge in [0.1, 0.15) is 5.82 Å². The summed E-state index contributed by atoms with van der Waals surface area (Å²) in [5.41, 5.74) is 6.21. The summed E-state index contributed by atoms with van der Waals surface area (Å²) in [5, 5.41) is 9.19. The Bertz CT molecular complexity index is 1260. The van der Waals surface area contributed by atoms with Crippen LogP contribution in [-0.2, 0) is 4.79 Å². The van der Waals surface area contributed by atoms with Crippen LogP contribution < -0.4 is 4.90 Å². The number of carboxylic acids is 1. The molecule has 0 atom stereocenters. The zero-order valence-corrected chi connectivity index (χ0v) is 20.7. The average Bonchev–Trinajstić information content (AvgIpc) is 2.83. The average molecular weight is 510 g/mol. The van der Waals surface area contributed by atoms with Gasteiger partial charge < -0.3 is 10.0 Å². The van der Waals surface area contributed by atoms with Crippen molar-refractivity contribution in [2.75, 3.05) is 37.6 Å². The van der Waals surface area contributed by atoms with Gasteiger partial charge in [0.15, 0.2) is 0 Å². The number of aliphatic carboxylic acids is 1. The van der Waals surface area contributed by atoms with Gasteiger partial charge in [-0.3, -0.25) is 9.69 Å². The predicted octanol–water partition coefficient (Wildman–Crippen LogP) is 5.99. The number of likely N-dealkylation sites (tertiary alicyclic amines) is 1. The van der Waals surface area contributed by atoms with Gasteiger partial charge in [-0.2, -0.15) is 13.2 Å². The fraction of sp³-hybridized carbons (Fsp3) is 0.379. The summed E-state index contributed by atoms with van der Waals surface area (Å²) in [5.74, 6) is -0.0887. The Kier molecular flexibility index (Phi) is 6.94. The van der Waals surface area contributed by atoms with Crippen LogP contribution in [0.1, 0.15) is 29.9 Å². The molecule has 0 saturated carbocycles. The summed E-state index contributed by atoms with van der Waals surface area (Å²) in [7, 11) is 0. The van der Waals surface area contributed by atoms with E-state index in [0.717, 1.165) is 52.2 Å². The molecule has 37 heavy (non-hydrogen) atoms. The van der Waals surface area contributed by atoms with E-state index in [1.165, 1.54) is 4.90 Å². The van der Waals surface area contributed by atoms with Crippen molar-refractivity contribution in [1.82, 2.24) is 9.88 Å². The van der Waals surface area contributed by atoms with Crippen molar-refractivity contribution < 1.29 is 23.1 Å². The monoisotopic (exact) mass is 509 g/mol. The van der Waals surface area contributed by atoms with E-state index in [1.54, 1.807) is 0 Å². The van der Waals surface area contributed by atoms with E-state index in [9.17, 15) is 23.1 Å². The SMILES string of the molecule is Cc1ccc(-c2ccc(C3CCN(CC(F)(F)F)CC3)cc2)c(-c2cccc(N3CC(C(=O)O)C3)n2)c1. The van der Waals surface area contributed by atoms with Gasteiger partial charge in [0.05, 0.1) is 18.2 Å². The van der Waals surface area contributed by atoms with Crippen LogP contribution in [0.4, 0.5) is 19.0 Å². The fourth-order valence-electron chi connectivity index (χ4n) is 5.31. The van der Waals surface area contributed by atoms with Gasteiger partial charge in [0.2, 0.25) is 0 Å². The van der Waals surface area contributed by atoms with Crippen molar-refractivity contribution in [1.29, 1.82) is 0 Å². The Morgan fingerprint density at radius 2 is 1.70 bits per heavy atom. The summed E-state index contributed by atoms with van der Waals surface area (Å²) in [4.78, 5) is 19.5. The minimum Gasteiger partial charge on any atom is -0.481 e. The highest BCUT2D eigenvalue weighted by Gasteiger charge is 2.34.